The second-order valence-electron chi connectivity index (χ2n) is 3.38. The van der Waals surface area contributed by atoms with Gasteiger partial charge in [0.05, 0.1) is 4.90 Å². The predicted octanol–water partition coefficient (Wildman–Crippen LogP) is -0.944. The van der Waals surface area contributed by atoms with Crippen LogP contribution in [0.4, 0.5) is 0 Å². The fourth-order valence-corrected chi connectivity index (χ4v) is 2.35. The summed E-state index contributed by atoms with van der Waals surface area (Å²) in [5.41, 5.74) is 0.956. The summed E-state index contributed by atoms with van der Waals surface area (Å²) in [6.45, 7) is 1.88. The van der Waals surface area contributed by atoms with Gasteiger partial charge in [-0.2, -0.15) is 0 Å². The van der Waals surface area contributed by atoms with Gasteiger partial charge < -0.3 is 4.55 Å². The van der Waals surface area contributed by atoms with E-state index in [1.807, 2.05) is 13.0 Å². The fourth-order valence-electron chi connectivity index (χ4n) is 1.66. The molecule has 0 aliphatic heterocycles. The molecule has 0 heterocycles. The second kappa shape index (κ2) is 5.26. The van der Waals surface area contributed by atoms with Crippen molar-refractivity contribution < 1.29 is 64.4 Å². The minimum atomic E-state index is -4.40. The Labute approximate surface area is 137 Å². The SMILES string of the molecule is Cc1cccc2c(S(=O)(=O)[O-])cccc12.[K+]. The summed E-state index contributed by atoms with van der Waals surface area (Å²) in [6, 6.07) is 9.99. The van der Waals surface area contributed by atoms with Gasteiger partial charge in [0, 0.05) is 0 Å². The first kappa shape index (κ1) is 14.3. The van der Waals surface area contributed by atoms with E-state index in [0.717, 1.165) is 10.9 Å². The molecule has 0 aliphatic rings. The normalized spacial score (nSPS) is 11.1. The molecule has 0 aliphatic carbocycles. The Bertz CT molecular complexity index is 620. The van der Waals surface area contributed by atoms with Crippen LogP contribution in [0.5, 0.6) is 0 Å². The molecule has 0 spiro atoms. The van der Waals surface area contributed by atoms with E-state index in [4.69, 9.17) is 0 Å². The summed E-state index contributed by atoms with van der Waals surface area (Å²) in [7, 11) is -4.40. The quantitative estimate of drug-likeness (QED) is 0.491. The molecule has 0 radical (unpaired) electrons. The maximum atomic E-state index is 11.0. The molecular weight excluding hydrogens is 251 g/mol. The van der Waals surface area contributed by atoms with Gasteiger partial charge >= 0.3 is 51.4 Å². The average molecular weight is 260 g/mol. The van der Waals surface area contributed by atoms with E-state index in [1.54, 1.807) is 24.3 Å². The third kappa shape index (κ3) is 2.73. The molecule has 0 saturated heterocycles. The minimum absolute atomic E-state index is 0. The molecule has 0 bridgehead atoms. The van der Waals surface area contributed by atoms with Crippen molar-refractivity contribution in [1.82, 2.24) is 0 Å². The zero-order valence-corrected chi connectivity index (χ0v) is 13.0. The molecule has 2 rings (SSSR count). The van der Waals surface area contributed by atoms with Crippen LogP contribution >= 0.6 is 0 Å². The van der Waals surface area contributed by atoms with Crippen molar-refractivity contribution in [2.45, 2.75) is 11.8 Å². The van der Waals surface area contributed by atoms with E-state index >= 15 is 0 Å². The maximum absolute atomic E-state index is 11.0. The van der Waals surface area contributed by atoms with E-state index in [-0.39, 0.29) is 56.3 Å². The Balaban J connectivity index is 0.00000128. The van der Waals surface area contributed by atoms with E-state index in [1.165, 1.54) is 6.07 Å². The van der Waals surface area contributed by atoms with Crippen molar-refractivity contribution in [1.29, 1.82) is 0 Å². The molecule has 78 valence electrons. The molecule has 3 nitrogen and oxygen atoms in total. The summed E-state index contributed by atoms with van der Waals surface area (Å²) in [5.74, 6) is 0. The summed E-state index contributed by atoms with van der Waals surface area (Å²) >= 11 is 0. The molecule has 0 unspecified atom stereocenters. The summed E-state index contributed by atoms with van der Waals surface area (Å²) in [5, 5.41) is 1.29. The standard InChI is InChI=1S/C11H10O3S.K/c1-8-4-2-6-10-9(8)5-3-7-11(10)15(12,13)14;/h2-7H,1H3,(H,12,13,14);/q;+1/p-1. The second-order valence-corrected chi connectivity index (χ2v) is 4.73. The van der Waals surface area contributed by atoms with Crippen LogP contribution in [0.1, 0.15) is 5.56 Å². The zero-order valence-electron chi connectivity index (χ0n) is 9.10. The third-order valence-corrected chi connectivity index (χ3v) is 3.26. The van der Waals surface area contributed by atoms with Crippen molar-refractivity contribution in [2.75, 3.05) is 0 Å². The maximum Gasteiger partial charge on any atom is 1.00 e. The van der Waals surface area contributed by atoms with Gasteiger partial charge in [0.1, 0.15) is 10.1 Å². The molecular formula is C11H9KO3S. The largest absolute Gasteiger partial charge is 1.00 e. The molecule has 0 fully saturated rings. The van der Waals surface area contributed by atoms with Crippen molar-refractivity contribution in [3.8, 4) is 0 Å². The molecule has 0 atom stereocenters. The Kier molecular flexibility index (Phi) is 4.71. The Hall–Kier alpha value is 0.246. The van der Waals surface area contributed by atoms with Gasteiger partial charge in [0.15, 0.2) is 0 Å². The van der Waals surface area contributed by atoms with Gasteiger partial charge in [0.2, 0.25) is 0 Å². The number of hydrogen-bond acceptors (Lipinski definition) is 3. The predicted molar refractivity (Wildman–Crippen MR) is 56.6 cm³/mol. The molecule has 5 heteroatoms. The summed E-state index contributed by atoms with van der Waals surface area (Å²) in [4.78, 5) is -0.149. The molecule has 0 amide bonds. The number of rotatable bonds is 1. The summed E-state index contributed by atoms with van der Waals surface area (Å²) < 4.78 is 33.0. The van der Waals surface area contributed by atoms with Crippen molar-refractivity contribution in [2.24, 2.45) is 0 Å². The molecule has 0 aromatic heterocycles. The van der Waals surface area contributed by atoms with E-state index < -0.39 is 10.1 Å². The van der Waals surface area contributed by atoms with Crippen molar-refractivity contribution in [3.05, 3.63) is 42.0 Å². The monoisotopic (exact) mass is 260 g/mol. The minimum Gasteiger partial charge on any atom is -0.744 e. The number of benzene rings is 2. The zero-order chi connectivity index (χ0) is 11.1. The molecule has 2 aromatic carbocycles. The van der Waals surface area contributed by atoms with Gasteiger partial charge in [-0.1, -0.05) is 30.3 Å². The van der Waals surface area contributed by atoms with Crippen LogP contribution in [-0.2, 0) is 10.1 Å². The smallest absolute Gasteiger partial charge is 0.744 e. The molecule has 0 N–H and O–H groups in total. The number of aryl methyl sites for hydroxylation is 1. The Morgan fingerprint density at radius 1 is 1.00 bits per heavy atom. The third-order valence-electron chi connectivity index (χ3n) is 2.37. The average Bonchev–Trinajstić information content (AvgIpc) is 2.16. The van der Waals surface area contributed by atoms with Gasteiger partial charge in [-0.3, -0.25) is 0 Å². The molecule has 0 saturated carbocycles. The first-order valence-corrected chi connectivity index (χ1v) is 5.85. The van der Waals surface area contributed by atoms with Crippen molar-refractivity contribution in [3.63, 3.8) is 0 Å². The van der Waals surface area contributed by atoms with E-state index in [2.05, 4.69) is 0 Å². The Morgan fingerprint density at radius 3 is 2.19 bits per heavy atom. The van der Waals surface area contributed by atoms with E-state index in [0.29, 0.717) is 5.39 Å². The van der Waals surface area contributed by atoms with Crippen LogP contribution in [0.15, 0.2) is 41.3 Å². The molecule has 16 heavy (non-hydrogen) atoms. The van der Waals surface area contributed by atoms with Gasteiger partial charge in [0.25, 0.3) is 0 Å². The summed E-state index contributed by atoms with van der Waals surface area (Å²) in [6.07, 6.45) is 0. The van der Waals surface area contributed by atoms with E-state index in [9.17, 15) is 13.0 Å². The van der Waals surface area contributed by atoms with Crippen LogP contribution in [-0.4, -0.2) is 13.0 Å². The van der Waals surface area contributed by atoms with Gasteiger partial charge in [-0.25, -0.2) is 8.42 Å². The van der Waals surface area contributed by atoms with Crippen LogP contribution < -0.4 is 51.4 Å². The van der Waals surface area contributed by atoms with Gasteiger partial charge in [-0.05, 0) is 29.3 Å². The molecule has 2 aromatic rings. The Morgan fingerprint density at radius 2 is 1.56 bits per heavy atom. The van der Waals surface area contributed by atoms with Crippen LogP contribution in [0, 0.1) is 6.92 Å². The van der Waals surface area contributed by atoms with Crippen LogP contribution in [0.2, 0.25) is 0 Å². The van der Waals surface area contributed by atoms with Crippen LogP contribution in [0.25, 0.3) is 10.8 Å². The van der Waals surface area contributed by atoms with Crippen molar-refractivity contribution >= 4 is 20.9 Å². The first-order chi connectivity index (χ1) is 7.00. The fraction of sp³-hybridized carbons (Fsp3) is 0.0909. The van der Waals surface area contributed by atoms with Gasteiger partial charge in [-0.15, -0.1) is 0 Å². The number of fused-ring (bicyclic) bond motifs is 1. The topological polar surface area (TPSA) is 57.2 Å². The number of hydrogen-bond donors (Lipinski definition) is 0. The first-order valence-electron chi connectivity index (χ1n) is 4.44. The van der Waals surface area contributed by atoms with Crippen LogP contribution in [0.3, 0.4) is 0 Å².